The maximum Gasteiger partial charge on any atom is 0.339 e. The van der Waals surface area contributed by atoms with Crippen molar-refractivity contribution in [3.05, 3.63) is 59.0 Å². The van der Waals surface area contributed by atoms with E-state index in [0.29, 0.717) is 37.6 Å². The average Bonchev–Trinajstić information content (AvgIpc) is 2.99. The Bertz CT molecular complexity index is 723. The predicted molar refractivity (Wildman–Crippen MR) is 97.1 cm³/mol. The van der Waals surface area contributed by atoms with E-state index in [4.69, 9.17) is 14.3 Å². The van der Waals surface area contributed by atoms with Crippen molar-refractivity contribution in [2.75, 3.05) is 20.3 Å². The van der Waals surface area contributed by atoms with Gasteiger partial charge in [-0.1, -0.05) is 30.3 Å². The first-order valence-corrected chi connectivity index (χ1v) is 8.65. The van der Waals surface area contributed by atoms with Crippen LogP contribution < -0.4 is 0 Å². The maximum atomic E-state index is 12.1. The number of rotatable bonds is 10. The van der Waals surface area contributed by atoms with E-state index >= 15 is 0 Å². The Morgan fingerprint density at radius 2 is 1.92 bits per heavy atom. The van der Waals surface area contributed by atoms with Gasteiger partial charge in [0.25, 0.3) is 0 Å². The Labute approximate surface area is 153 Å². The number of hydrogen-bond donors (Lipinski definition) is 1. The van der Waals surface area contributed by atoms with E-state index in [0.717, 1.165) is 6.42 Å². The van der Waals surface area contributed by atoms with Gasteiger partial charge in [0, 0.05) is 20.1 Å². The van der Waals surface area contributed by atoms with Crippen LogP contribution in [0.2, 0.25) is 0 Å². The van der Waals surface area contributed by atoms with E-state index in [-0.39, 0.29) is 18.0 Å². The number of aromatic carboxylic acids is 1. The van der Waals surface area contributed by atoms with Crippen LogP contribution >= 0.6 is 0 Å². The topological polar surface area (TPSA) is 80.0 Å². The minimum Gasteiger partial charge on any atom is -0.478 e. The highest BCUT2D eigenvalue weighted by atomic mass is 16.5. The molecule has 0 fully saturated rings. The van der Waals surface area contributed by atoms with Crippen LogP contribution in [-0.2, 0) is 22.5 Å². The van der Waals surface area contributed by atoms with Crippen LogP contribution in [0.1, 0.15) is 40.3 Å². The molecule has 140 valence electrons. The molecule has 0 aliphatic carbocycles. The molecular formula is C20H25NO5. The largest absolute Gasteiger partial charge is 0.478 e. The van der Waals surface area contributed by atoms with Crippen LogP contribution in [0.4, 0.5) is 0 Å². The molecule has 0 bridgehead atoms. The lowest BCUT2D eigenvalue weighted by molar-refractivity contribution is -0.131. The number of amides is 1. The van der Waals surface area contributed by atoms with Crippen molar-refractivity contribution < 1.29 is 23.8 Å². The molecule has 6 heteroatoms. The summed E-state index contributed by atoms with van der Waals surface area (Å²) in [4.78, 5) is 24.7. The van der Waals surface area contributed by atoms with Gasteiger partial charge < -0.3 is 19.2 Å². The number of benzene rings is 1. The molecule has 26 heavy (non-hydrogen) atoms. The third kappa shape index (κ3) is 6.04. The number of carboxylic acid groups (broad SMARTS) is 1. The van der Waals surface area contributed by atoms with Crippen molar-refractivity contribution in [3.8, 4) is 0 Å². The number of furan rings is 1. The number of carbonyl (C=O) groups is 2. The van der Waals surface area contributed by atoms with Gasteiger partial charge in [-0.25, -0.2) is 4.79 Å². The van der Waals surface area contributed by atoms with Gasteiger partial charge in [-0.2, -0.15) is 0 Å². The van der Waals surface area contributed by atoms with E-state index in [1.165, 1.54) is 16.5 Å². The predicted octanol–water partition coefficient (Wildman–Crippen LogP) is 3.28. The van der Waals surface area contributed by atoms with Crippen LogP contribution in [0.3, 0.4) is 0 Å². The lowest BCUT2D eigenvalue weighted by Gasteiger charge is -2.15. The van der Waals surface area contributed by atoms with Crippen molar-refractivity contribution in [2.45, 2.75) is 32.7 Å². The molecule has 6 nitrogen and oxygen atoms in total. The molecule has 0 atom stereocenters. The third-order valence-corrected chi connectivity index (χ3v) is 4.08. The number of nitrogens with zero attached hydrogens (tertiary/aromatic N) is 1. The summed E-state index contributed by atoms with van der Waals surface area (Å²) in [5, 5.41) is 9.03. The number of hydrogen-bond acceptors (Lipinski definition) is 4. The Hall–Kier alpha value is -2.60. The summed E-state index contributed by atoms with van der Waals surface area (Å²) in [5.74, 6) is -0.239. The van der Waals surface area contributed by atoms with E-state index in [9.17, 15) is 9.59 Å². The van der Waals surface area contributed by atoms with Crippen LogP contribution in [0.25, 0.3) is 0 Å². The van der Waals surface area contributed by atoms with Crippen LogP contribution in [0.5, 0.6) is 0 Å². The van der Waals surface area contributed by atoms with E-state index in [2.05, 4.69) is 12.1 Å². The second kappa shape index (κ2) is 9.77. The van der Waals surface area contributed by atoms with Gasteiger partial charge in [0.1, 0.15) is 17.1 Å². The molecule has 0 spiro atoms. The summed E-state index contributed by atoms with van der Waals surface area (Å²) in [6.45, 7) is 3.02. The highest BCUT2D eigenvalue weighted by Crippen LogP contribution is 2.16. The molecule has 1 heterocycles. The second-order valence-electron chi connectivity index (χ2n) is 6.19. The zero-order valence-corrected chi connectivity index (χ0v) is 15.2. The average molecular weight is 359 g/mol. The molecule has 0 aliphatic rings. The van der Waals surface area contributed by atoms with Crippen molar-refractivity contribution in [2.24, 2.45) is 0 Å². The normalized spacial score (nSPS) is 10.7. The fourth-order valence-corrected chi connectivity index (χ4v) is 2.61. The van der Waals surface area contributed by atoms with Gasteiger partial charge in [0.15, 0.2) is 0 Å². The summed E-state index contributed by atoms with van der Waals surface area (Å²) in [6, 6.07) is 11.6. The van der Waals surface area contributed by atoms with E-state index < -0.39 is 5.97 Å². The summed E-state index contributed by atoms with van der Waals surface area (Å²) < 4.78 is 11.0. The van der Waals surface area contributed by atoms with Crippen molar-refractivity contribution in [1.29, 1.82) is 0 Å². The van der Waals surface area contributed by atoms with Gasteiger partial charge in [-0.15, -0.1) is 0 Å². The van der Waals surface area contributed by atoms with Gasteiger partial charge >= 0.3 is 5.97 Å². The summed E-state index contributed by atoms with van der Waals surface area (Å²) in [6.07, 6.45) is 1.89. The first kappa shape index (κ1) is 19.7. The quantitative estimate of drug-likeness (QED) is 0.659. The number of ether oxygens (including phenoxy) is 1. The van der Waals surface area contributed by atoms with E-state index in [1.54, 1.807) is 14.0 Å². The molecule has 1 aromatic carbocycles. The zero-order valence-electron chi connectivity index (χ0n) is 15.2. The Morgan fingerprint density at radius 1 is 1.19 bits per heavy atom. The Morgan fingerprint density at radius 3 is 2.58 bits per heavy atom. The minimum absolute atomic E-state index is 0.0254. The molecular weight excluding hydrogens is 334 g/mol. The van der Waals surface area contributed by atoms with Crippen molar-refractivity contribution in [3.63, 3.8) is 0 Å². The Balaban J connectivity index is 1.64. The SMILES string of the molecule is Cc1oc(CN(C)C(=O)CCCOCCc2ccccc2)cc1C(=O)O. The van der Waals surface area contributed by atoms with E-state index in [1.807, 2.05) is 18.2 Å². The number of aryl methyl sites for hydroxylation is 1. The molecule has 0 aliphatic heterocycles. The monoisotopic (exact) mass is 359 g/mol. The van der Waals surface area contributed by atoms with Crippen LogP contribution in [0.15, 0.2) is 40.8 Å². The highest BCUT2D eigenvalue weighted by Gasteiger charge is 2.16. The lowest BCUT2D eigenvalue weighted by atomic mass is 10.2. The molecule has 0 saturated carbocycles. The first-order chi connectivity index (χ1) is 12.5. The molecule has 2 rings (SSSR count). The number of carboxylic acids is 1. The molecule has 0 saturated heterocycles. The highest BCUT2D eigenvalue weighted by molar-refractivity contribution is 5.88. The van der Waals surface area contributed by atoms with Gasteiger partial charge in [-0.05, 0) is 31.4 Å². The smallest absolute Gasteiger partial charge is 0.339 e. The number of carbonyl (C=O) groups excluding carboxylic acids is 1. The molecule has 1 N–H and O–H groups in total. The molecule has 2 aromatic rings. The molecule has 0 radical (unpaired) electrons. The standard InChI is InChI=1S/C20H25NO5/c1-15-18(20(23)24)13-17(26-15)14-21(2)19(22)9-6-11-25-12-10-16-7-4-3-5-8-16/h3-5,7-8,13H,6,9-12,14H2,1-2H3,(H,23,24). The Kier molecular flexibility index (Phi) is 7.41. The van der Waals surface area contributed by atoms with Crippen LogP contribution in [0, 0.1) is 6.92 Å². The fraction of sp³-hybridized carbons (Fsp3) is 0.400. The van der Waals surface area contributed by atoms with Crippen molar-refractivity contribution >= 4 is 11.9 Å². The maximum absolute atomic E-state index is 12.1. The molecule has 1 aromatic heterocycles. The van der Waals surface area contributed by atoms with Gasteiger partial charge in [-0.3, -0.25) is 4.79 Å². The first-order valence-electron chi connectivity index (χ1n) is 8.65. The van der Waals surface area contributed by atoms with Gasteiger partial charge in [0.05, 0.1) is 13.2 Å². The summed E-state index contributed by atoms with van der Waals surface area (Å²) in [7, 11) is 1.68. The lowest BCUT2D eigenvalue weighted by Crippen LogP contribution is -2.26. The van der Waals surface area contributed by atoms with Gasteiger partial charge in [0.2, 0.25) is 5.91 Å². The van der Waals surface area contributed by atoms with Crippen LogP contribution in [-0.4, -0.2) is 42.1 Å². The summed E-state index contributed by atoms with van der Waals surface area (Å²) in [5.41, 5.74) is 1.37. The second-order valence-corrected chi connectivity index (χ2v) is 6.19. The summed E-state index contributed by atoms with van der Waals surface area (Å²) >= 11 is 0. The molecule has 1 amide bonds. The minimum atomic E-state index is -1.03. The zero-order chi connectivity index (χ0) is 18.9. The van der Waals surface area contributed by atoms with Crippen molar-refractivity contribution in [1.82, 2.24) is 4.90 Å². The molecule has 0 unspecified atom stereocenters. The fourth-order valence-electron chi connectivity index (χ4n) is 2.61. The third-order valence-electron chi connectivity index (χ3n) is 4.08.